The van der Waals surface area contributed by atoms with E-state index in [4.69, 9.17) is 8.83 Å². The van der Waals surface area contributed by atoms with Gasteiger partial charge in [-0.2, -0.15) is 0 Å². The summed E-state index contributed by atoms with van der Waals surface area (Å²) in [7, 11) is 0. The first kappa shape index (κ1) is 67.6. The fraction of sp³-hybridized carbons (Fsp3) is 0. The van der Waals surface area contributed by atoms with Gasteiger partial charge in [-0.05, 0) is 216 Å². The van der Waals surface area contributed by atoms with Gasteiger partial charge in [0.05, 0.1) is 0 Å². The molecule has 18 aromatic carbocycles. The van der Waals surface area contributed by atoms with Crippen LogP contribution in [0, 0.1) is 0 Å². The van der Waals surface area contributed by atoms with E-state index >= 15 is 0 Å². The van der Waals surface area contributed by atoms with Gasteiger partial charge in [-0.25, -0.2) is 0 Å². The van der Waals surface area contributed by atoms with Gasteiger partial charge in [0.1, 0.15) is 22.3 Å². The van der Waals surface area contributed by atoms with E-state index in [9.17, 15) is 0 Å². The molecule has 0 aliphatic rings. The van der Waals surface area contributed by atoms with Gasteiger partial charge in [0, 0.05) is 170 Å². The third kappa shape index (κ3) is 11.6. The Morgan fingerprint density at radius 2 is 0.509 bits per heavy atom. The average molecular weight is 1560 g/mol. The van der Waals surface area contributed by atoms with Crippen LogP contribution in [0.25, 0.3) is 146 Å². The molecule has 0 radical (unpaired) electrons. The van der Waals surface area contributed by atoms with Gasteiger partial charge in [-0.1, -0.05) is 206 Å². The second-order valence-corrected chi connectivity index (χ2v) is 33.7. The molecule has 0 aliphatic carbocycles. The summed E-state index contributed by atoms with van der Waals surface area (Å²) in [6.45, 7) is 0. The van der Waals surface area contributed by atoms with E-state index in [0.717, 1.165) is 112 Å². The number of thiophene rings is 4. The number of para-hydroxylation sites is 5. The number of anilines is 12. The van der Waals surface area contributed by atoms with E-state index in [1.165, 1.54) is 103 Å². The molecule has 24 aromatic rings. The minimum atomic E-state index is 0.886. The highest BCUT2D eigenvalue weighted by Crippen LogP contribution is 2.51. The number of furan rings is 2. The van der Waals surface area contributed by atoms with Gasteiger partial charge in [-0.15, -0.1) is 45.3 Å². The highest BCUT2D eigenvalue weighted by atomic mass is 32.1. The fourth-order valence-corrected chi connectivity index (χ4v) is 21.9. The summed E-state index contributed by atoms with van der Waals surface area (Å²) < 4.78 is 22.9. The van der Waals surface area contributed by atoms with Gasteiger partial charge < -0.3 is 28.4 Å². The van der Waals surface area contributed by atoms with E-state index in [-0.39, 0.29) is 0 Å². The third-order valence-electron chi connectivity index (χ3n) is 22.6. The molecule has 24 rings (SSSR count). The Morgan fingerprint density at radius 3 is 1.03 bits per heavy atom. The molecule has 0 fully saturated rings. The quantitative estimate of drug-likeness (QED) is 0.115. The molecule has 0 N–H and O–H groups in total. The Bertz CT molecular complexity index is 7940. The van der Waals surface area contributed by atoms with Crippen LogP contribution in [0.2, 0.25) is 0 Å². The van der Waals surface area contributed by atoms with Gasteiger partial charge >= 0.3 is 0 Å². The number of hydrogen-bond donors (Lipinski definition) is 0. The number of nitrogens with zero attached hydrogens (tertiary/aromatic N) is 4. The molecule has 0 saturated heterocycles. The zero-order valence-electron chi connectivity index (χ0n) is 62.3. The van der Waals surface area contributed by atoms with E-state index in [0.29, 0.717) is 0 Å². The smallest absolute Gasteiger partial charge is 0.136 e. The lowest BCUT2D eigenvalue weighted by Crippen LogP contribution is -2.09. The summed E-state index contributed by atoms with van der Waals surface area (Å²) in [6, 6.07) is 145. The number of hydrogen-bond acceptors (Lipinski definition) is 10. The normalized spacial score (nSPS) is 11.8. The Labute approximate surface area is 683 Å². The lowest BCUT2D eigenvalue weighted by atomic mass is 10.0. The van der Waals surface area contributed by atoms with E-state index in [1.807, 2.05) is 57.5 Å². The topological polar surface area (TPSA) is 39.2 Å². The summed E-state index contributed by atoms with van der Waals surface area (Å²) in [5.74, 6) is 0. The van der Waals surface area contributed by atoms with Crippen molar-refractivity contribution in [3.05, 3.63) is 400 Å². The van der Waals surface area contributed by atoms with Crippen LogP contribution in [0.5, 0.6) is 0 Å². The maximum Gasteiger partial charge on any atom is 0.136 e. The van der Waals surface area contributed by atoms with Crippen molar-refractivity contribution in [3.63, 3.8) is 0 Å². The van der Waals surface area contributed by atoms with Crippen molar-refractivity contribution < 1.29 is 8.83 Å². The molecule has 6 heterocycles. The maximum atomic E-state index is 6.39. The minimum Gasteiger partial charge on any atom is -0.456 e. The molecule has 116 heavy (non-hydrogen) atoms. The van der Waals surface area contributed by atoms with Gasteiger partial charge in [0.25, 0.3) is 0 Å². The first-order chi connectivity index (χ1) is 57.5. The standard InChI is InChI=1S/C54H34N2S3.C52H32N2O2S/c1-4-13-35(14-5-1)42-20-12-21-46-44-27-23-41(34-53(44)59-54(42)46)56(37-17-8-3-9-18-37)40-24-28-45-48-32-39(26-30-51(48)58-52(45)33-40)55(36-15-6-2-7-16-36)38-25-29-50-47(31-38)43-19-10-11-22-49(43)57-50;1-3-12-34(13-4-1)53(36-21-26-47-43(29-36)41-17-9-10-18-46(41)55-47)38-23-28-50-44(30-38)42-24-20-39(32-51(42)57-50)54(35-14-5-2-6-15-35)37-22-27-48-45(31-37)52-40-16-8-7-11-33(40)19-25-49(52)56-48/h1-34H;1-32H. The maximum absolute atomic E-state index is 6.39. The van der Waals surface area contributed by atoms with Crippen molar-refractivity contribution in [3.8, 4) is 11.1 Å². The predicted molar refractivity (Wildman–Crippen MR) is 501 cm³/mol. The van der Waals surface area contributed by atoms with Crippen molar-refractivity contribution in [2.75, 3.05) is 19.6 Å². The summed E-state index contributed by atoms with van der Waals surface area (Å²) >= 11 is 7.44. The van der Waals surface area contributed by atoms with Gasteiger partial charge in [0.2, 0.25) is 0 Å². The molecule has 0 aliphatic heterocycles. The Hall–Kier alpha value is -14.1. The van der Waals surface area contributed by atoms with E-state index < -0.39 is 0 Å². The second-order valence-electron chi connectivity index (χ2n) is 29.4. The van der Waals surface area contributed by atoms with Crippen LogP contribution in [0.4, 0.5) is 68.2 Å². The third-order valence-corrected chi connectivity index (χ3v) is 27.3. The summed E-state index contributed by atoms with van der Waals surface area (Å²) in [4.78, 5) is 9.49. The van der Waals surface area contributed by atoms with Crippen LogP contribution in [0.3, 0.4) is 0 Å². The molecule has 10 heteroatoms. The summed E-state index contributed by atoms with van der Waals surface area (Å²) in [5.41, 5.74) is 19.5. The van der Waals surface area contributed by atoms with Crippen molar-refractivity contribution in [2.24, 2.45) is 0 Å². The minimum absolute atomic E-state index is 0.886. The molecule has 6 nitrogen and oxygen atoms in total. The molecule has 0 spiro atoms. The molecular formula is C106H66N4O2S4. The molecular weight excluding hydrogens is 1490 g/mol. The zero-order chi connectivity index (χ0) is 76.3. The molecule has 6 aromatic heterocycles. The summed E-state index contributed by atoms with van der Waals surface area (Å²) in [5, 5.41) is 17.1. The first-order valence-corrected chi connectivity index (χ1v) is 42.2. The number of fused-ring (bicyclic) bond motifs is 20. The van der Waals surface area contributed by atoms with Crippen LogP contribution in [-0.2, 0) is 0 Å². The highest BCUT2D eigenvalue weighted by molar-refractivity contribution is 7.27. The summed E-state index contributed by atoms with van der Waals surface area (Å²) in [6.07, 6.45) is 0. The molecule has 546 valence electrons. The van der Waals surface area contributed by atoms with Crippen LogP contribution >= 0.6 is 45.3 Å². The first-order valence-electron chi connectivity index (χ1n) is 39.0. The molecule has 0 saturated carbocycles. The largest absolute Gasteiger partial charge is 0.456 e. The fourth-order valence-electron chi connectivity index (χ4n) is 17.3. The molecule has 0 unspecified atom stereocenters. The van der Waals surface area contributed by atoms with Crippen molar-refractivity contribution in [1.82, 2.24) is 0 Å². The van der Waals surface area contributed by atoms with Crippen LogP contribution < -0.4 is 19.6 Å². The number of benzene rings is 18. The van der Waals surface area contributed by atoms with Gasteiger partial charge in [-0.3, -0.25) is 0 Å². The van der Waals surface area contributed by atoms with Gasteiger partial charge in [0.15, 0.2) is 0 Å². The number of rotatable bonds is 13. The Morgan fingerprint density at radius 1 is 0.172 bits per heavy atom. The SMILES string of the molecule is c1ccc(-c2cccc3c2sc2cc(N(c4ccccc4)c4ccc5c(c4)sc4ccc(N(c6ccccc6)c6ccc7sc8ccccc8c7c6)cc45)ccc23)cc1.c1ccc(N(c2ccc3oc4ccccc4c3c2)c2ccc3sc4cc(N(c5ccccc5)c5ccc6oc7ccc8ccccc8c7c6c5)ccc4c3c2)cc1. The average Bonchev–Trinajstić information content (AvgIpc) is 1.59. The van der Waals surface area contributed by atoms with Crippen molar-refractivity contribution in [2.45, 2.75) is 0 Å². The van der Waals surface area contributed by atoms with E-state index in [2.05, 4.69) is 408 Å². The van der Waals surface area contributed by atoms with Crippen LogP contribution in [0.15, 0.2) is 409 Å². The van der Waals surface area contributed by atoms with Crippen molar-refractivity contribution in [1.29, 1.82) is 0 Å². The molecule has 0 bridgehead atoms. The van der Waals surface area contributed by atoms with Crippen LogP contribution in [0.1, 0.15) is 0 Å². The monoisotopic (exact) mass is 1550 g/mol. The Balaban J connectivity index is 0.000000137. The molecule has 0 amide bonds. The second kappa shape index (κ2) is 27.9. The molecule has 0 atom stereocenters. The lowest BCUT2D eigenvalue weighted by molar-refractivity contribution is 0.668. The predicted octanol–water partition coefficient (Wildman–Crippen LogP) is 33.3. The Kier molecular flexibility index (Phi) is 16.3. The highest BCUT2D eigenvalue weighted by Gasteiger charge is 2.24. The van der Waals surface area contributed by atoms with Crippen LogP contribution in [-0.4, -0.2) is 0 Å². The van der Waals surface area contributed by atoms with Crippen molar-refractivity contribution >= 4 is 249 Å². The lowest BCUT2D eigenvalue weighted by Gasteiger charge is -2.26. The van der Waals surface area contributed by atoms with E-state index in [1.54, 1.807) is 0 Å². The zero-order valence-corrected chi connectivity index (χ0v) is 65.6.